The van der Waals surface area contributed by atoms with E-state index >= 15 is 0 Å². The predicted molar refractivity (Wildman–Crippen MR) is 73.2 cm³/mol. The Morgan fingerprint density at radius 1 is 1.32 bits per heavy atom. The summed E-state index contributed by atoms with van der Waals surface area (Å²) in [4.78, 5) is 24.2. The van der Waals surface area contributed by atoms with Crippen LogP contribution in [0.25, 0.3) is 0 Å². The van der Waals surface area contributed by atoms with E-state index in [0.717, 1.165) is 6.42 Å². The first-order chi connectivity index (χ1) is 9.04. The molecule has 0 aliphatic rings. The molecule has 2 N–H and O–H groups in total. The fourth-order valence-corrected chi connectivity index (χ4v) is 1.67. The minimum absolute atomic E-state index is 0.0213. The number of amides is 2. The lowest BCUT2D eigenvalue weighted by Crippen LogP contribution is -2.43. The van der Waals surface area contributed by atoms with Crippen LogP contribution in [-0.2, 0) is 9.53 Å². The highest BCUT2D eigenvalue weighted by Gasteiger charge is 2.15. The third-order valence-corrected chi connectivity index (χ3v) is 2.96. The van der Waals surface area contributed by atoms with Crippen molar-refractivity contribution in [3.63, 3.8) is 0 Å². The van der Waals surface area contributed by atoms with Gasteiger partial charge >= 0.3 is 12.0 Å². The molecular formula is C13H26N2O4. The van der Waals surface area contributed by atoms with Gasteiger partial charge in [0, 0.05) is 32.7 Å². The number of nitrogens with zero attached hydrogens (tertiary/aromatic N) is 1. The van der Waals surface area contributed by atoms with Crippen molar-refractivity contribution in [2.45, 2.75) is 33.6 Å². The first kappa shape index (κ1) is 17.7. The fraction of sp³-hybridized carbons (Fsp3) is 0.846. The molecule has 0 heterocycles. The Kier molecular flexibility index (Phi) is 9.88. The highest BCUT2D eigenvalue weighted by atomic mass is 16.5. The molecule has 0 aliphatic heterocycles. The summed E-state index contributed by atoms with van der Waals surface area (Å²) in [5, 5.41) is 11.5. The predicted octanol–water partition coefficient (Wildman–Crippen LogP) is 1.56. The number of carboxylic acids is 1. The first-order valence-electron chi connectivity index (χ1n) is 6.87. The SMILES string of the molecule is CCOCCN(CC)C(=O)NCC(CC)CC(=O)O. The molecule has 0 aromatic carbocycles. The molecule has 112 valence electrons. The standard InChI is InChI=1S/C13H26N2O4/c1-4-11(9-12(16)17)10-14-13(18)15(5-2)7-8-19-6-3/h11H,4-10H2,1-3H3,(H,14,18)(H,16,17). The average Bonchev–Trinajstić information content (AvgIpc) is 2.38. The van der Waals surface area contributed by atoms with E-state index in [4.69, 9.17) is 9.84 Å². The number of urea groups is 1. The van der Waals surface area contributed by atoms with Crippen LogP contribution in [-0.4, -0.2) is 54.9 Å². The van der Waals surface area contributed by atoms with Crippen molar-refractivity contribution in [1.82, 2.24) is 10.2 Å². The number of hydrogen-bond donors (Lipinski definition) is 2. The normalized spacial score (nSPS) is 11.9. The molecule has 1 unspecified atom stereocenters. The monoisotopic (exact) mass is 274 g/mol. The number of aliphatic carboxylic acids is 1. The number of rotatable bonds is 10. The molecule has 0 aliphatic carbocycles. The molecule has 0 rings (SSSR count). The molecule has 6 heteroatoms. The van der Waals surface area contributed by atoms with E-state index in [1.54, 1.807) is 4.90 Å². The minimum Gasteiger partial charge on any atom is -0.481 e. The maximum Gasteiger partial charge on any atom is 0.317 e. The van der Waals surface area contributed by atoms with Crippen LogP contribution in [0.1, 0.15) is 33.6 Å². The van der Waals surface area contributed by atoms with Crippen molar-refractivity contribution < 1.29 is 19.4 Å². The summed E-state index contributed by atoms with van der Waals surface area (Å²) < 4.78 is 5.22. The van der Waals surface area contributed by atoms with Crippen LogP contribution in [0, 0.1) is 5.92 Å². The van der Waals surface area contributed by atoms with Gasteiger partial charge in [0.15, 0.2) is 0 Å². The summed E-state index contributed by atoms with van der Waals surface area (Å²) in [7, 11) is 0. The zero-order valence-corrected chi connectivity index (χ0v) is 12.1. The van der Waals surface area contributed by atoms with Crippen LogP contribution in [0.5, 0.6) is 0 Å². The van der Waals surface area contributed by atoms with Crippen molar-refractivity contribution in [3.8, 4) is 0 Å². The Hall–Kier alpha value is -1.30. The van der Waals surface area contributed by atoms with Crippen LogP contribution in [0.2, 0.25) is 0 Å². The molecule has 0 saturated heterocycles. The lowest BCUT2D eigenvalue weighted by molar-refractivity contribution is -0.138. The van der Waals surface area contributed by atoms with E-state index in [1.165, 1.54) is 0 Å². The fourth-order valence-electron chi connectivity index (χ4n) is 1.67. The van der Waals surface area contributed by atoms with Crippen molar-refractivity contribution in [1.29, 1.82) is 0 Å². The number of carboxylic acid groups (broad SMARTS) is 1. The van der Waals surface area contributed by atoms with Gasteiger partial charge in [0.25, 0.3) is 0 Å². The third-order valence-electron chi connectivity index (χ3n) is 2.96. The summed E-state index contributed by atoms with van der Waals surface area (Å²) in [6.07, 6.45) is 0.819. The first-order valence-corrected chi connectivity index (χ1v) is 6.87. The molecule has 0 fully saturated rings. The summed E-state index contributed by atoms with van der Waals surface area (Å²) >= 11 is 0. The molecule has 1 atom stereocenters. The van der Waals surface area contributed by atoms with E-state index in [2.05, 4.69) is 5.32 Å². The number of carbonyl (C=O) groups excluding carboxylic acids is 1. The molecule has 2 amide bonds. The van der Waals surface area contributed by atoms with Crippen LogP contribution < -0.4 is 5.32 Å². The molecule has 0 spiro atoms. The maximum absolute atomic E-state index is 11.9. The molecule has 0 aromatic rings. The molecular weight excluding hydrogens is 248 g/mol. The minimum atomic E-state index is -0.829. The molecule has 19 heavy (non-hydrogen) atoms. The van der Waals surface area contributed by atoms with E-state index in [0.29, 0.717) is 32.8 Å². The van der Waals surface area contributed by atoms with Gasteiger partial charge in [0.1, 0.15) is 0 Å². The molecule has 0 bridgehead atoms. The lowest BCUT2D eigenvalue weighted by Gasteiger charge is -2.22. The summed E-state index contributed by atoms with van der Waals surface area (Å²) in [5.74, 6) is -0.850. The summed E-state index contributed by atoms with van der Waals surface area (Å²) in [6.45, 7) is 8.44. The second-order valence-corrected chi connectivity index (χ2v) is 4.33. The average molecular weight is 274 g/mol. The van der Waals surface area contributed by atoms with Crippen LogP contribution in [0.3, 0.4) is 0 Å². The molecule has 0 aromatic heterocycles. The zero-order valence-electron chi connectivity index (χ0n) is 12.1. The van der Waals surface area contributed by atoms with Gasteiger partial charge < -0.3 is 20.1 Å². The number of carbonyl (C=O) groups is 2. The van der Waals surface area contributed by atoms with Crippen LogP contribution >= 0.6 is 0 Å². The largest absolute Gasteiger partial charge is 0.481 e. The summed E-state index contributed by atoms with van der Waals surface area (Å²) in [6, 6.07) is -0.161. The Balaban J connectivity index is 4.06. The smallest absolute Gasteiger partial charge is 0.317 e. The topological polar surface area (TPSA) is 78.9 Å². The van der Waals surface area contributed by atoms with E-state index in [1.807, 2.05) is 20.8 Å². The number of nitrogens with one attached hydrogen (secondary N) is 1. The third kappa shape index (κ3) is 8.42. The zero-order chi connectivity index (χ0) is 14.7. The van der Waals surface area contributed by atoms with Crippen molar-refractivity contribution in [2.75, 3.05) is 32.8 Å². The van der Waals surface area contributed by atoms with Gasteiger partial charge in [-0.2, -0.15) is 0 Å². The molecule has 0 saturated carbocycles. The molecule has 0 radical (unpaired) electrons. The van der Waals surface area contributed by atoms with E-state index < -0.39 is 5.97 Å². The van der Waals surface area contributed by atoms with Crippen molar-refractivity contribution in [2.24, 2.45) is 5.92 Å². The lowest BCUT2D eigenvalue weighted by atomic mass is 10.0. The van der Waals surface area contributed by atoms with E-state index in [9.17, 15) is 9.59 Å². The Morgan fingerprint density at radius 2 is 2.00 bits per heavy atom. The van der Waals surface area contributed by atoms with Gasteiger partial charge in [0.05, 0.1) is 6.61 Å². The maximum atomic E-state index is 11.9. The van der Waals surface area contributed by atoms with Gasteiger partial charge in [0.2, 0.25) is 0 Å². The Bertz CT molecular complexity index is 271. The highest BCUT2D eigenvalue weighted by molar-refractivity contribution is 5.74. The number of likely N-dealkylation sites (N-methyl/N-ethyl adjacent to an activating group) is 1. The van der Waals surface area contributed by atoms with Crippen LogP contribution in [0.4, 0.5) is 4.79 Å². The van der Waals surface area contributed by atoms with Gasteiger partial charge in [-0.3, -0.25) is 4.79 Å². The summed E-state index contributed by atoms with van der Waals surface area (Å²) in [5.41, 5.74) is 0. The quantitative estimate of drug-likeness (QED) is 0.592. The highest BCUT2D eigenvalue weighted by Crippen LogP contribution is 2.06. The Morgan fingerprint density at radius 3 is 2.47 bits per heavy atom. The Labute approximate surface area is 115 Å². The van der Waals surface area contributed by atoms with Crippen molar-refractivity contribution in [3.05, 3.63) is 0 Å². The van der Waals surface area contributed by atoms with Crippen molar-refractivity contribution >= 4 is 12.0 Å². The van der Waals surface area contributed by atoms with Gasteiger partial charge in [-0.1, -0.05) is 13.3 Å². The number of ether oxygens (including phenoxy) is 1. The van der Waals surface area contributed by atoms with Gasteiger partial charge in [-0.25, -0.2) is 4.79 Å². The van der Waals surface area contributed by atoms with Gasteiger partial charge in [-0.05, 0) is 19.8 Å². The van der Waals surface area contributed by atoms with Crippen LogP contribution in [0.15, 0.2) is 0 Å². The second-order valence-electron chi connectivity index (χ2n) is 4.33. The molecule has 6 nitrogen and oxygen atoms in total. The van der Waals surface area contributed by atoms with E-state index in [-0.39, 0.29) is 18.4 Å². The number of hydrogen-bond acceptors (Lipinski definition) is 3. The second kappa shape index (κ2) is 10.6. The van der Waals surface area contributed by atoms with Gasteiger partial charge in [-0.15, -0.1) is 0 Å².